The van der Waals surface area contributed by atoms with E-state index in [0.29, 0.717) is 13.1 Å². The topological polar surface area (TPSA) is 34.5 Å². The van der Waals surface area contributed by atoms with Gasteiger partial charge in [0.25, 0.3) is 5.91 Å². The maximum Gasteiger partial charge on any atom is 0.264 e. The van der Waals surface area contributed by atoms with Crippen molar-refractivity contribution in [2.45, 2.75) is 32.0 Å². The van der Waals surface area contributed by atoms with Gasteiger partial charge < -0.3 is 14.2 Å². The van der Waals surface area contributed by atoms with E-state index in [1.165, 1.54) is 29.9 Å². The first-order valence-corrected chi connectivity index (χ1v) is 8.76. The zero-order valence-electron chi connectivity index (χ0n) is 12.5. The largest absolute Gasteiger partial charge is 0.374 e. The lowest BCUT2D eigenvalue weighted by Crippen LogP contribution is -2.37. The maximum absolute atomic E-state index is 12.7. The van der Waals surface area contributed by atoms with E-state index < -0.39 is 0 Å². The number of fused-ring (bicyclic) bond motifs is 1. The lowest BCUT2D eigenvalue weighted by molar-refractivity contribution is 0.0151. The van der Waals surface area contributed by atoms with Crippen LogP contribution in [-0.4, -0.2) is 34.6 Å². The number of nitrogens with zero attached hydrogens (tertiary/aromatic N) is 2. The summed E-state index contributed by atoms with van der Waals surface area (Å²) in [6.07, 6.45) is 4.75. The third-order valence-electron chi connectivity index (χ3n) is 4.38. The summed E-state index contributed by atoms with van der Waals surface area (Å²) in [4.78, 5) is 15.5. The first kappa shape index (κ1) is 14.0. The second-order valence-corrected chi connectivity index (χ2v) is 7.16. The van der Waals surface area contributed by atoms with Gasteiger partial charge in [0.2, 0.25) is 0 Å². The van der Waals surface area contributed by atoms with Gasteiger partial charge in [-0.25, -0.2) is 0 Å². The lowest BCUT2D eigenvalue weighted by atomic mass is 10.3. The van der Waals surface area contributed by atoms with Crippen LogP contribution in [0.3, 0.4) is 0 Å². The molecule has 22 heavy (non-hydrogen) atoms. The predicted octanol–water partition coefficient (Wildman–Crippen LogP) is 3.00. The van der Waals surface area contributed by atoms with Crippen molar-refractivity contribution >= 4 is 17.2 Å². The molecule has 3 heterocycles. The summed E-state index contributed by atoms with van der Waals surface area (Å²) in [6.45, 7) is 3.00. The monoisotopic (exact) mass is 316 g/mol. The van der Waals surface area contributed by atoms with Crippen molar-refractivity contribution in [3.8, 4) is 0 Å². The standard InChI is InChI=1S/C17H20N2O2S/c20-17(16-4-2-8-22-16)19-9-14-3-1-7-18(14)10-15(11-19)21-12-13-5-6-13/h1-4,7-8,13,15H,5-6,9-12H2. The van der Waals surface area contributed by atoms with Crippen molar-refractivity contribution in [1.82, 2.24) is 9.47 Å². The van der Waals surface area contributed by atoms with Gasteiger partial charge >= 0.3 is 0 Å². The molecule has 0 bridgehead atoms. The molecule has 116 valence electrons. The minimum Gasteiger partial charge on any atom is -0.374 e. The highest BCUT2D eigenvalue weighted by Gasteiger charge is 2.28. The van der Waals surface area contributed by atoms with Crippen molar-refractivity contribution in [3.05, 3.63) is 46.4 Å². The number of carbonyl (C=O) groups excluding carboxylic acids is 1. The minimum absolute atomic E-state index is 0.0816. The Kier molecular flexibility index (Phi) is 3.76. The molecule has 2 aromatic heterocycles. The van der Waals surface area contributed by atoms with E-state index in [2.05, 4.69) is 16.8 Å². The molecule has 0 radical (unpaired) electrons. The van der Waals surface area contributed by atoms with Gasteiger partial charge in [-0.2, -0.15) is 0 Å². The second kappa shape index (κ2) is 5.89. The Balaban J connectivity index is 1.53. The van der Waals surface area contributed by atoms with Gasteiger partial charge in [-0.15, -0.1) is 11.3 Å². The van der Waals surface area contributed by atoms with Crippen LogP contribution in [0.5, 0.6) is 0 Å². The van der Waals surface area contributed by atoms with Crippen LogP contribution >= 0.6 is 11.3 Å². The molecule has 1 amide bonds. The highest BCUT2D eigenvalue weighted by molar-refractivity contribution is 7.12. The fraction of sp³-hybridized carbons (Fsp3) is 0.471. The number of amides is 1. The molecule has 2 aromatic rings. The SMILES string of the molecule is O=C(c1cccs1)N1Cc2cccn2CC(OCC2CC2)C1. The second-order valence-electron chi connectivity index (χ2n) is 6.21. The zero-order valence-corrected chi connectivity index (χ0v) is 13.3. The van der Waals surface area contributed by atoms with Gasteiger partial charge in [0.1, 0.15) is 0 Å². The summed E-state index contributed by atoms with van der Waals surface area (Å²) >= 11 is 1.51. The summed E-state index contributed by atoms with van der Waals surface area (Å²) in [5.41, 5.74) is 1.18. The molecule has 2 aliphatic rings. The molecular weight excluding hydrogens is 296 g/mol. The van der Waals surface area contributed by atoms with Gasteiger partial charge in [0.05, 0.1) is 24.1 Å². The number of rotatable bonds is 4. The number of hydrogen-bond acceptors (Lipinski definition) is 3. The normalized spacial score (nSPS) is 21.5. The summed E-state index contributed by atoms with van der Waals surface area (Å²) in [5, 5.41) is 1.95. The third kappa shape index (κ3) is 2.96. The molecule has 1 aliphatic heterocycles. The molecule has 1 atom stereocenters. The number of carbonyl (C=O) groups is 1. The van der Waals surface area contributed by atoms with Crippen molar-refractivity contribution in [2.75, 3.05) is 13.2 Å². The average molecular weight is 316 g/mol. The first-order valence-electron chi connectivity index (χ1n) is 7.88. The zero-order chi connectivity index (χ0) is 14.9. The Hall–Kier alpha value is -1.59. The molecule has 4 nitrogen and oxygen atoms in total. The Labute approximate surface area is 134 Å². The summed E-state index contributed by atoms with van der Waals surface area (Å²) < 4.78 is 8.32. The Morgan fingerprint density at radius 1 is 1.27 bits per heavy atom. The molecule has 0 N–H and O–H groups in total. The van der Waals surface area contributed by atoms with Crippen LogP contribution in [0.2, 0.25) is 0 Å². The van der Waals surface area contributed by atoms with E-state index >= 15 is 0 Å². The molecule has 0 spiro atoms. The third-order valence-corrected chi connectivity index (χ3v) is 5.24. The number of aromatic nitrogens is 1. The van der Waals surface area contributed by atoms with Crippen LogP contribution in [0.15, 0.2) is 35.8 Å². The predicted molar refractivity (Wildman–Crippen MR) is 86.0 cm³/mol. The Bertz CT molecular complexity index is 645. The summed E-state index contributed by atoms with van der Waals surface area (Å²) in [6, 6.07) is 7.97. The fourth-order valence-corrected chi connectivity index (χ4v) is 3.62. The molecule has 4 rings (SSSR count). The molecule has 0 saturated heterocycles. The van der Waals surface area contributed by atoms with Crippen molar-refractivity contribution in [2.24, 2.45) is 5.92 Å². The van der Waals surface area contributed by atoms with Crippen LogP contribution in [0.25, 0.3) is 0 Å². The van der Waals surface area contributed by atoms with E-state index in [1.54, 1.807) is 0 Å². The van der Waals surface area contributed by atoms with Gasteiger partial charge in [-0.1, -0.05) is 6.07 Å². The molecular formula is C17H20N2O2S. The van der Waals surface area contributed by atoms with Crippen LogP contribution in [-0.2, 0) is 17.8 Å². The highest BCUT2D eigenvalue weighted by Crippen LogP contribution is 2.30. The van der Waals surface area contributed by atoms with Crippen LogP contribution in [0.4, 0.5) is 0 Å². The molecule has 1 fully saturated rings. The number of hydrogen-bond donors (Lipinski definition) is 0. The summed E-state index contributed by atoms with van der Waals surface area (Å²) in [7, 11) is 0. The molecule has 1 saturated carbocycles. The van der Waals surface area contributed by atoms with Gasteiger partial charge in [-0.3, -0.25) is 4.79 Å². The molecule has 1 aliphatic carbocycles. The number of thiophene rings is 1. The van der Waals surface area contributed by atoms with E-state index in [9.17, 15) is 4.79 Å². The number of ether oxygens (including phenoxy) is 1. The molecule has 1 unspecified atom stereocenters. The Morgan fingerprint density at radius 3 is 2.95 bits per heavy atom. The van der Waals surface area contributed by atoms with E-state index in [4.69, 9.17) is 4.74 Å². The fourth-order valence-electron chi connectivity index (χ4n) is 2.93. The smallest absolute Gasteiger partial charge is 0.264 e. The summed E-state index contributed by atoms with van der Waals surface area (Å²) in [5.74, 6) is 0.860. The molecule has 5 heteroatoms. The van der Waals surface area contributed by atoms with Gasteiger partial charge in [0.15, 0.2) is 0 Å². The van der Waals surface area contributed by atoms with Crippen LogP contribution in [0, 0.1) is 5.92 Å². The van der Waals surface area contributed by atoms with Crippen molar-refractivity contribution in [3.63, 3.8) is 0 Å². The lowest BCUT2D eigenvalue weighted by Gasteiger charge is -2.24. The van der Waals surface area contributed by atoms with Gasteiger partial charge in [0, 0.05) is 25.0 Å². The van der Waals surface area contributed by atoms with Gasteiger partial charge in [-0.05, 0) is 42.3 Å². The average Bonchev–Trinajstić information content (AvgIpc) is 3.05. The van der Waals surface area contributed by atoms with Crippen LogP contribution < -0.4 is 0 Å². The maximum atomic E-state index is 12.7. The Morgan fingerprint density at radius 2 is 2.18 bits per heavy atom. The van der Waals surface area contributed by atoms with Crippen molar-refractivity contribution < 1.29 is 9.53 Å². The van der Waals surface area contributed by atoms with E-state index in [0.717, 1.165) is 23.9 Å². The first-order chi connectivity index (χ1) is 10.8. The highest BCUT2D eigenvalue weighted by atomic mass is 32.1. The molecule has 0 aromatic carbocycles. The van der Waals surface area contributed by atoms with Crippen molar-refractivity contribution in [1.29, 1.82) is 0 Å². The quantitative estimate of drug-likeness (QED) is 0.869. The van der Waals surface area contributed by atoms with E-state index in [-0.39, 0.29) is 12.0 Å². The van der Waals surface area contributed by atoms with Crippen LogP contribution in [0.1, 0.15) is 28.2 Å². The minimum atomic E-state index is 0.0816. The van der Waals surface area contributed by atoms with E-state index in [1.807, 2.05) is 28.5 Å².